The second kappa shape index (κ2) is 8.49. The van der Waals surface area contributed by atoms with Gasteiger partial charge in [0.1, 0.15) is 5.75 Å². The number of benzene rings is 2. The molecule has 1 heterocycles. The quantitative estimate of drug-likeness (QED) is 0.686. The van der Waals surface area contributed by atoms with Gasteiger partial charge >= 0.3 is 0 Å². The number of hydrogen-bond acceptors (Lipinski definition) is 5. The van der Waals surface area contributed by atoms with Crippen molar-refractivity contribution in [3.05, 3.63) is 65.0 Å². The van der Waals surface area contributed by atoms with E-state index in [4.69, 9.17) is 20.9 Å². The predicted molar refractivity (Wildman–Crippen MR) is 97.9 cm³/mol. The molecule has 0 fully saturated rings. The predicted octanol–water partition coefficient (Wildman–Crippen LogP) is 3.65. The zero-order valence-corrected chi connectivity index (χ0v) is 15.0. The Bertz CT molecular complexity index is 878. The first-order chi connectivity index (χ1) is 12.6. The van der Waals surface area contributed by atoms with Gasteiger partial charge in [0.15, 0.2) is 0 Å². The van der Waals surface area contributed by atoms with Crippen molar-refractivity contribution in [1.29, 1.82) is 0 Å². The highest BCUT2D eigenvalue weighted by Gasteiger charge is 2.10. The van der Waals surface area contributed by atoms with Crippen molar-refractivity contribution in [2.75, 3.05) is 7.11 Å². The number of carbonyl (C=O) groups excluding carboxylic acids is 1. The van der Waals surface area contributed by atoms with Gasteiger partial charge in [0, 0.05) is 17.0 Å². The first-order valence-corrected chi connectivity index (χ1v) is 8.50. The topological polar surface area (TPSA) is 77.3 Å². The van der Waals surface area contributed by atoms with E-state index in [0.29, 0.717) is 29.6 Å². The highest BCUT2D eigenvalue weighted by Crippen LogP contribution is 2.19. The van der Waals surface area contributed by atoms with Crippen molar-refractivity contribution < 1.29 is 14.1 Å². The number of nitrogens with zero attached hydrogens (tertiary/aromatic N) is 2. The lowest BCUT2D eigenvalue weighted by Crippen LogP contribution is -2.23. The average Bonchev–Trinajstić information content (AvgIpc) is 3.14. The molecule has 1 aromatic heterocycles. The summed E-state index contributed by atoms with van der Waals surface area (Å²) in [5, 5.41) is 7.38. The van der Waals surface area contributed by atoms with Gasteiger partial charge in [-0.2, -0.15) is 4.98 Å². The number of ether oxygens (including phenoxy) is 1. The van der Waals surface area contributed by atoms with E-state index in [1.54, 1.807) is 13.2 Å². The van der Waals surface area contributed by atoms with Gasteiger partial charge in [0.05, 0.1) is 13.7 Å². The van der Waals surface area contributed by atoms with Gasteiger partial charge in [-0.15, -0.1) is 0 Å². The maximum atomic E-state index is 12.0. The number of rotatable bonds is 7. The van der Waals surface area contributed by atoms with Crippen LogP contribution in [0.15, 0.2) is 53.1 Å². The first kappa shape index (κ1) is 17.9. The average molecular weight is 372 g/mol. The first-order valence-electron chi connectivity index (χ1n) is 8.12. The maximum Gasteiger partial charge on any atom is 0.246 e. The van der Waals surface area contributed by atoms with E-state index in [1.807, 2.05) is 42.5 Å². The zero-order valence-electron chi connectivity index (χ0n) is 14.2. The molecular weight excluding hydrogens is 354 g/mol. The SMILES string of the molecule is COc1ccc(-c2noc(CNC(=O)CCc3cccc(Cl)c3)n2)cc1. The number of aryl methyl sites for hydroxylation is 1. The Morgan fingerprint density at radius 2 is 2.04 bits per heavy atom. The smallest absolute Gasteiger partial charge is 0.246 e. The summed E-state index contributed by atoms with van der Waals surface area (Å²) in [6.07, 6.45) is 0.979. The summed E-state index contributed by atoms with van der Waals surface area (Å²) in [6, 6.07) is 14.8. The lowest BCUT2D eigenvalue weighted by molar-refractivity contribution is -0.121. The summed E-state index contributed by atoms with van der Waals surface area (Å²) < 4.78 is 10.3. The molecule has 7 heteroatoms. The second-order valence-electron chi connectivity index (χ2n) is 5.65. The molecule has 0 aliphatic rings. The number of hydrogen-bond donors (Lipinski definition) is 1. The van der Waals surface area contributed by atoms with E-state index >= 15 is 0 Å². The monoisotopic (exact) mass is 371 g/mol. The summed E-state index contributed by atoms with van der Waals surface area (Å²) >= 11 is 5.94. The number of amides is 1. The van der Waals surface area contributed by atoms with E-state index in [0.717, 1.165) is 16.9 Å². The van der Waals surface area contributed by atoms with Gasteiger partial charge in [-0.05, 0) is 48.4 Å². The molecule has 26 heavy (non-hydrogen) atoms. The molecule has 3 aromatic rings. The summed E-state index contributed by atoms with van der Waals surface area (Å²) in [7, 11) is 1.61. The molecule has 0 aliphatic carbocycles. The molecule has 3 rings (SSSR count). The van der Waals surface area contributed by atoms with Gasteiger partial charge in [0.2, 0.25) is 17.6 Å². The summed E-state index contributed by atoms with van der Waals surface area (Å²) in [5.74, 6) is 1.49. The van der Waals surface area contributed by atoms with Gasteiger partial charge in [-0.25, -0.2) is 0 Å². The van der Waals surface area contributed by atoms with Crippen LogP contribution >= 0.6 is 11.6 Å². The van der Waals surface area contributed by atoms with Gasteiger partial charge < -0.3 is 14.6 Å². The molecule has 0 atom stereocenters. The third kappa shape index (κ3) is 4.83. The van der Waals surface area contributed by atoms with Crippen LogP contribution in [0.3, 0.4) is 0 Å². The fourth-order valence-electron chi connectivity index (χ4n) is 2.40. The Kier molecular flexibility index (Phi) is 5.86. The molecule has 0 saturated heterocycles. The number of aromatic nitrogens is 2. The van der Waals surface area contributed by atoms with Crippen LogP contribution in [0.5, 0.6) is 5.75 Å². The Balaban J connectivity index is 1.50. The third-order valence-corrected chi connectivity index (χ3v) is 4.02. The molecule has 0 unspecified atom stereocenters. The lowest BCUT2D eigenvalue weighted by Gasteiger charge is -2.03. The van der Waals surface area contributed by atoms with Gasteiger partial charge in [-0.3, -0.25) is 4.79 Å². The molecule has 134 valence electrons. The highest BCUT2D eigenvalue weighted by molar-refractivity contribution is 6.30. The number of carbonyl (C=O) groups is 1. The molecule has 0 bridgehead atoms. The Hall–Kier alpha value is -2.86. The van der Waals surface area contributed by atoms with E-state index in [2.05, 4.69) is 15.5 Å². The van der Waals surface area contributed by atoms with Gasteiger partial charge in [0.25, 0.3) is 0 Å². The minimum Gasteiger partial charge on any atom is -0.497 e. The molecule has 0 radical (unpaired) electrons. The van der Waals surface area contributed by atoms with Crippen molar-refractivity contribution in [1.82, 2.24) is 15.5 Å². The van der Waals surface area contributed by atoms with Crippen LogP contribution in [0.25, 0.3) is 11.4 Å². The molecule has 0 spiro atoms. The number of nitrogens with one attached hydrogen (secondary N) is 1. The van der Waals surface area contributed by atoms with Crippen molar-refractivity contribution in [3.63, 3.8) is 0 Å². The minimum atomic E-state index is -0.0887. The molecule has 0 aliphatic heterocycles. The molecule has 1 N–H and O–H groups in total. The summed E-state index contributed by atoms with van der Waals surface area (Å²) in [5.41, 5.74) is 1.83. The van der Waals surface area contributed by atoms with E-state index in [9.17, 15) is 4.79 Å². The Labute approximate surface area is 156 Å². The lowest BCUT2D eigenvalue weighted by atomic mass is 10.1. The second-order valence-corrected chi connectivity index (χ2v) is 6.08. The van der Waals surface area contributed by atoms with Crippen molar-refractivity contribution in [2.45, 2.75) is 19.4 Å². The molecule has 0 saturated carbocycles. The van der Waals surface area contributed by atoms with Crippen molar-refractivity contribution >= 4 is 17.5 Å². The molecule has 2 aromatic carbocycles. The van der Waals surface area contributed by atoms with E-state index < -0.39 is 0 Å². The summed E-state index contributed by atoms with van der Waals surface area (Å²) in [4.78, 5) is 16.3. The normalized spacial score (nSPS) is 10.5. The van der Waals surface area contributed by atoms with Crippen LogP contribution in [0, 0.1) is 0 Å². The van der Waals surface area contributed by atoms with Crippen molar-refractivity contribution in [3.8, 4) is 17.1 Å². The summed E-state index contributed by atoms with van der Waals surface area (Å²) in [6.45, 7) is 0.192. The van der Waals surface area contributed by atoms with Gasteiger partial charge in [-0.1, -0.05) is 28.9 Å². The van der Waals surface area contributed by atoms with E-state index in [1.165, 1.54) is 0 Å². The Morgan fingerprint density at radius 1 is 1.23 bits per heavy atom. The standard InChI is InChI=1S/C19H18ClN3O3/c1-25-16-8-6-14(7-9-16)19-22-18(26-23-19)12-21-17(24)10-5-13-3-2-4-15(20)11-13/h2-4,6-9,11H,5,10,12H2,1H3,(H,21,24). The fourth-order valence-corrected chi connectivity index (χ4v) is 2.61. The number of methoxy groups -OCH3 is 1. The van der Waals surface area contributed by atoms with Crippen LogP contribution in [-0.2, 0) is 17.8 Å². The molecule has 1 amide bonds. The molecular formula is C19H18ClN3O3. The van der Waals surface area contributed by atoms with E-state index in [-0.39, 0.29) is 12.5 Å². The van der Waals surface area contributed by atoms with Crippen molar-refractivity contribution in [2.24, 2.45) is 0 Å². The third-order valence-electron chi connectivity index (χ3n) is 3.78. The highest BCUT2D eigenvalue weighted by atomic mass is 35.5. The fraction of sp³-hybridized carbons (Fsp3) is 0.211. The minimum absolute atomic E-state index is 0.0887. The molecule has 6 nitrogen and oxygen atoms in total. The number of halogens is 1. The van der Waals surface area contributed by atoms with Crippen LogP contribution in [-0.4, -0.2) is 23.2 Å². The maximum absolute atomic E-state index is 12.0. The Morgan fingerprint density at radius 3 is 2.77 bits per heavy atom. The largest absolute Gasteiger partial charge is 0.497 e. The van der Waals surface area contributed by atoms with Crippen LogP contribution in [0.2, 0.25) is 5.02 Å². The van der Waals surface area contributed by atoms with Crippen LogP contribution < -0.4 is 10.1 Å². The van der Waals surface area contributed by atoms with Crippen LogP contribution in [0.4, 0.5) is 0 Å². The zero-order chi connectivity index (χ0) is 18.4. The van der Waals surface area contributed by atoms with Crippen LogP contribution in [0.1, 0.15) is 17.9 Å².